The Hall–Kier alpha value is -2.40. The minimum atomic E-state index is -0.440. The molecule has 132 valence electrons. The molecular formula is C14H17N7O2S2. The Balaban J connectivity index is 1.51. The number of carbonyl (C=O) groups is 1. The lowest BCUT2D eigenvalue weighted by molar-refractivity contribution is 0.262. The van der Waals surface area contributed by atoms with Crippen molar-refractivity contribution in [1.82, 2.24) is 25.1 Å². The van der Waals surface area contributed by atoms with Crippen LogP contribution in [0.5, 0.6) is 0 Å². The van der Waals surface area contributed by atoms with Crippen molar-refractivity contribution < 1.29 is 9.21 Å². The molecule has 0 aromatic carbocycles. The Morgan fingerprint density at radius 1 is 1.28 bits per heavy atom. The Bertz CT molecular complexity index is 836. The fraction of sp³-hybridized carbons (Fsp3) is 0.357. The van der Waals surface area contributed by atoms with Crippen LogP contribution in [0.25, 0.3) is 0 Å². The van der Waals surface area contributed by atoms with Gasteiger partial charge in [-0.25, -0.2) is 19.9 Å². The fourth-order valence-electron chi connectivity index (χ4n) is 1.74. The third-order valence-electron chi connectivity index (χ3n) is 2.98. The van der Waals surface area contributed by atoms with E-state index in [1.807, 2.05) is 0 Å². The number of nitrogens with zero attached hydrogens (tertiary/aromatic N) is 4. The first-order chi connectivity index (χ1) is 11.9. The average molecular weight is 379 g/mol. The molecule has 9 nitrogen and oxygen atoms in total. The lowest BCUT2D eigenvalue weighted by atomic mass is 9.94. The maximum absolute atomic E-state index is 11.8. The summed E-state index contributed by atoms with van der Waals surface area (Å²) in [4.78, 5) is 24.1. The molecule has 0 aliphatic heterocycles. The highest BCUT2D eigenvalue weighted by Gasteiger charge is 2.19. The standard InChI is InChI=1S/C14H17N7O2S2/c1-14(2,3)8-4-15-9(23-8)6-24-10-5-16-13(25-10)20-12(22)19-11-17-7-18-21-11/h4-5,7H,6H2,1-3H3,(H3,16,17,18,19,20,21,22). The minimum absolute atomic E-state index is 0.0611. The van der Waals surface area contributed by atoms with Crippen molar-refractivity contribution in [3.63, 3.8) is 0 Å². The summed E-state index contributed by atoms with van der Waals surface area (Å²) in [5.41, 5.74) is -0.0611. The Morgan fingerprint density at radius 2 is 2.12 bits per heavy atom. The van der Waals surface area contributed by atoms with Crippen LogP contribution >= 0.6 is 23.1 Å². The predicted octanol–water partition coefficient (Wildman–Crippen LogP) is 3.48. The molecule has 0 spiro atoms. The summed E-state index contributed by atoms with van der Waals surface area (Å²) < 4.78 is 6.71. The molecule has 0 radical (unpaired) electrons. The zero-order valence-corrected chi connectivity index (χ0v) is 15.5. The number of thioether (sulfide) groups is 1. The van der Waals surface area contributed by atoms with Crippen LogP contribution < -0.4 is 10.6 Å². The smallest absolute Gasteiger partial charge is 0.327 e. The topological polar surface area (TPSA) is 122 Å². The van der Waals surface area contributed by atoms with Crippen molar-refractivity contribution in [3.8, 4) is 0 Å². The van der Waals surface area contributed by atoms with E-state index in [1.165, 1.54) is 17.7 Å². The van der Waals surface area contributed by atoms with Gasteiger partial charge in [-0.05, 0) is 0 Å². The third kappa shape index (κ3) is 4.79. The maximum atomic E-state index is 11.8. The summed E-state index contributed by atoms with van der Waals surface area (Å²) in [5.74, 6) is 2.39. The van der Waals surface area contributed by atoms with E-state index in [-0.39, 0.29) is 11.4 Å². The Labute approximate surface area is 152 Å². The molecule has 3 aromatic rings. The number of aromatic nitrogens is 5. The van der Waals surface area contributed by atoms with Crippen molar-refractivity contribution in [2.45, 2.75) is 36.1 Å². The normalized spacial score (nSPS) is 11.5. The van der Waals surface area contributed by atoms with Crippen LogP contribution in [0.1, 0.15) is 32.4 Å². The van der Waals surface area contributed by atoms with Gasteiger partial charge in [0.2, 0.25) is 11.8 Å². The van der Waals surface area contributed by atoms with Crippen LogP contribution in [0, 0.1) is 0 Å². The van der Waals surface area contributed by atoms with Gasteiger partial charge in [-0.2, -0.15) is 10.1 Å². The van der Waals surface area contributed by atoms with Gasteiger partial charge in [0, 0.05) is 5.41 Å². The number of aromatic amines is 1. The van der Waals surface area contributed by atoms with Gasteiger partial charge in [0.15, 0.2) is 5.13 Å². The van der Waals surface area contributed by atoms with Gasteiger partial charge in [0.1, 0.15) is 12.1 Å². The lowest BCUT2D eigenvalue weighted by Crippen LogP contribution is -2.19. The highest BCUT2D eigenvalue weighted by molar-refractivity contribution is 8.00. The van der Waals surface area contributed by atoms with E-state index in [4.69, 9.17) is 4.42 Å². The summed E-state index contributed by atoms with van der Waals surface area (Å²) in [6.07, 6.45) is 4.78. The highest BCUT2D eigenvalue weighted by Crippen LogP contribution is 2.31. The summed E-state index contributed by atoms with van der Waals surface area (Å²) in [6, 6.07) is -0.440. The fourth-order valence-corrected chi connectivity index (χ4v) is 3.46. The van der Waals surface area contributed by atoms with Crippen LogP contribution in [0.4, 0.5) is 15.9 Å². The monoisotopic (exact) mass is 379 g/mol. The summed E-state index contributed by atoms with van der Waals surface area (Å²) in [7, 11) is 0. The van der Waals surface area contributed by atoms with Crippen LogP contribution in [0.2, 0.25) is 0 Å². The van der Waals surface area contributed by atoms with E-state index >= 15 is 0 Å². The number of anilines is 2. The van der Waals surface area contributed by atoms with E-state index in [1.54, 1.807) is 24.2 Å². The first-order valence-corrected chi connectivity index (χ1v) is 9.17. The lowest BCUT2D eigenvalue weighted by Gasteiger charge is -2.12. The first kappa shape index (κ1) is 17.4. The molecule has 0 saturated heterocycles. The number of carbonyl (C=O) groups excluding carboxylic acids is 1. The highest BCUT2D eigenvalue weighted by atomic mass is 32.2. The molecule has 0 aliphatic carbocycles. The Kier molecular flexibility index (Phi) is 5.04. The number of hydrogen-bond acceptors (Lipinski definition) is 8. The zero-order chi connectivity index (χ0) is 17.9. The number of amides is 2. The van der Waals surface area contributed by atoms with Crippen molar-refractivity contribution >= 4 is 40.2 Å². The molecule has 2 amide bonds. The molecule has 3 aromatic heterocycles. The van der Waals surface area contributed by atoms with Gasteiger partial charge in [-0.3, -0.25) is 10.6 Å². The predicted molar refractivity (Wildman–Crippen MR) is 95.9 cm³/mol. The van der Waals surface area contributed by atoms with E-state index in [0.29, 0.717) is 16.8 Å². The molecule has 0 bridgehead atoms. The van der Waals surface area contributed by atoms with Gasteiger partial charge < -0.3 is 4.42 Å². The number of rotatable bonds is 5. The second-order valence-electron chi connectivity index (χ2n) is 6.05. The van der Waals surface area contributed by atoms with Crippen LogP contribution in [-0.4, -0.2) is 31.2 Å². The summed E-state index contributed by atoms with van der Waals surface area (Å²) in [6.45, 7) is 6.24. The van der Waals surface area contributed by atoms with E-state index < -0.39 is 6.03 Å². The minimum Gasteiger partial charge on any atom is -0.444 e. The van der Waals surface area contributed by atoms with Crippen molar-refractivity contribution in [1.29, 1.82) is 0 Å². The molecule has 3 rings (SSSR count). The molecule has 3 heterocycles. The van der Waals surface area contributed by atoms with Gasteiger partial charge in [-0.15, -0.1) is 11.8 Å². The molecule has 0 unspecified atom stereocenters. The van der Waals surface area contributed by atoms with Crippen molar-refractivity contribution in [3.05, 3.63) is 30.4 Å². The number of urea groups is 1. The van der Waals surface area contributed by atoms with E-state index in [2.05, 4.69) is 56.6 Å². The molecule has 3 N–H and O–H groups in total. The number of H-pyrrole nitrogens is 1. The largest absolute Gasteiger partial charge is 0.444 e. The van der Waals surface area contributed by atoms with Crippen LogP contribution in [0.15, 0.2) is 27.3 Å². The quantitative estimate of drug-likeness (QED) is 0.580. The second kappa shape index (κ2) is 7.23. The molecule has 0 saturated carbocycles. The Morgan fingerprint density at radius 3 is 2.80 bits per heavy atom. The third-order valence-corrected chi connectivity index (χ3v) is 5.07. The maximum Gasteiger partial charge on any atom is 0.327 e. The van der Waals surface area contributed by atoms with Gasteiger partial charge in [0.25, 0.3) is 0 Å². The second-order valence-corrected chi connectivity index (χ2v) is 8.36. The first-order valence-electron chi connectivity index (χ1n) is 7.37. The molecule has 0 aliphatic rings. The van der Waals surface area contributed by atoms with E-state index in [9.17, 15) is 4.79 Å². The summed E-state index contributed by atoms with van der Waals surface area (Å²) >= 11 is 2.92. The SMILES string of the molecule is CC(C)(C)c1cnc(CSc2cnc(NC(=O)Nc3ncn[nH]3)s2)o1. The van der Waals surface area contributed by atoms with Gasteiger partial charge in [-0.1, -0.05) is 32.1 Å². The van der Waals surface area contributed by atoms with Crippen LogP contribution in [-0.2, 0) is 11.2 Å². The summed E-state index contributed by atoms with van der Waals surface area (Å²) in [5, 5.41) is 11.8. The van der Waals surface area contributed by atoms with Crippen molar-refractivity contribution in [2.24, 2.45) is 0 Å². The zero-order valence-electron chi connectivity index (χ0n) is 13.9. The average Bonchev–Trinajstić information content (AvgIpc) is 3.25. The van der Waals surface area contributed by atoms with E-state index in [0.717, 1.165) is 9.97 Å². The number of oxazole rings is 1. The van der Waals surface area contributed by atoms with Crippen LogP contribution in [0.3, 0.4) is 0 Å². The van der Waals surface area contributed by atoms with Crippen molar-refractivity contribution in [2.75, 3.05) is 10.6 Å². The number of nitrogens with one attached hydrogen (secondary N) is 3. The molecule has 25 heavy (non-hydrogen) atoms. The molecule has 0 atom stereocenters. The van der Waals surface area contributed by atoms with Gasteiger partial charge >= 0.3 is 6.03 Å². The molecule has 11 heteroatoms. The van der Waals surface area contributed by atoms with Gasteiger partial charge in [0.05, 0.1) is 22.4 Å². The number of thiazole rings is 1. The molecule has 0 fully saturated rings. The molecular weight excluding hydrogens is 362 g/mol. The number of hydrogen-bond donors (Lipinski definition) is 3.